The van der Waals surface area contributed by atoms with Crippen molar-refractivity contribution in [2.45, 2.75) is 11.3 Å². The van der Waals surface area contributed by atoms with Crippen molar-refractivity contribution in [3.05, 3.63) is 24.3 Å². The first-order valence-corrected chi connectivity index (χ1v) is 8.52. The van der Waals surface area contributed by atoms with Crippen molar-refractivity contribution in [3.8, 4) is 0 Å². The smallest absolute Gasteiger partial charge is 0.242 e. The van der Waals surface area contributed by atoms with Gasteiger partial charge in [-0.3, -0.25) is 4.79 Å². The summed E-state index contributed by atoms with van der Waals surface area (Å²) in [5.41, 5.74) is 0.601. The summed E-state index contributed by atoms with van der Waals surface area (Å²) in [5.74, 6) is 0.691. The van der Waals surface area contributed by atoms with Crippen molar-refractivity contribution in [3.63, 3.8) is 0 Å². The highest BCUT2D eigenvalue weighted by Gasteiger charge is 2.16. The van der Waals surface area contributed by atoms with E-state index in [-0.39, 0.29) is 10.8 Å². The van der Waals surface area contributed by atoms with Crippen LogP contribution < -0.4 is 5.32 Å². The molecule has 0 aliphatic rings. The Morgan fingerprint density at radius 1 is 1.26 bits per heavy atom. The van der Waals surface area contributed by atoms with Crippen LogP contribution in [0.3, 0.4) is 0 Å². The van der Waals surface area contributed by atoms with Gasteiger partial charge in [0.2, 0.25) is 15.9 Å². The van der Waals surface area contributed by atoms with Crippen molar-refractivity contribution in [2.75, 3.05) is 31.4 Å². The Balaban J connectivity index is 2.75. The number of benzene rings is 1. The van der Waals surface area contributed by atoms with Crippen molar-refractivity contribution in [2.24, 2.45) is 0 Å². The van der Waals surface area contributed by atoms with Crippen LogP contribution in [0.2, 0.25) is 0 Å². The summed E-state index contributed by atoms with van der Waals surface area (Å²) in [4.78, 5) is 11.7. The monoisotopic (exact) mass is 302 g/mol. The SMILES string of the molecule is CSCCC(=O)Nc1ccc(S(=O)(=O)N(C)C)cc1. The molecule has 0 unspecified atom stereocenters. The molecule has 1 aromatic rings. The second-order valence-corrected chi connectivity index (χ2v) is 7.24. The van der Waals surface area contributed by atoms with Crippen molar-refractivity contribution < 1.29 is 13.2 Å². The van der Waals surface area contributed by atoms with Crippen molar-refractivity contribution >= 4 is 33.4 Å². The minimum atomic E-state index is -3.42. The maximum absolute atomic E-state index is 11.8. The van der Waals surface area contributed by atoms with Crippen LogP contribution in [-0.2, 0) is 14.8 Å². The molecule has 0 saturated carbocycles. The van der Waals surface area contributed by atoms with E-state index in [2.05, 4.69) is 5.32 Å². The number of carbonyl (C=O) groups is 1. The lowest BCUT2D eigenvalue weighted by atomic mass is 10.3. The predicted molar refractivity (Wildman–Crippen MR) is 78.9 cm³/mol. The first-order valence-electron chi connectivity index (χ1n) is 5.69. The maximum Gasteiger partial charge on any atom is 0.242 e. The second kappa shape index (κ2) is 6.93. The van der Waals surface area contributed by atoms with Gasteiger partial charge in [0.15, 0.2) is 0 Å². The molecule has 19 heavy (non-hydrogen) atoms. The fraction of sp³-hybridized carbons (Fsp3) is 0.417. The molecule has 7 heteroatoms. The van der Waals surface area contributed by atoms with E-state index in [0.717, 1.165) is 10.1 Å². The van der Waals surface area contributed by atoms with Gasteiger partial charge < -0.3 is 5.32 Å². The third-order valence-corrected chi connectivity index (χ3v) is 4.89. The molecule has 0 heterocycles. The number of sulfonamides is 1. The van der Waals surface area contributed by atoms with Gasteiger partial charge in [-0.05, 0) is 30.5 Å². The normalized spacial score (nSPS) is 11.6. The Morgan fingerprint density at radius 3 is 2.32 bits per heavy atom. The lowest BCUT2D eigenvalue weighted by molar-refractivity contribution is -0.115. The third-order valence-electron chi connectivity index (χ3n) is 2.45. The van der Waals surface area contributed by atoms with Crippen LogP contribution in [0.4, 0.5) is 5.69 Å². The number of hydrogen-bond donors (Lipinski definition) is 1. The molecule has 0 bridgehead atoms. The lowest BCUT2D eigenvalue weighted by Crippen LogP contribution is -2.22. The average Bonchev–Trinajstić information content (AvgIpc) is 2.36. The highest BCUT2D eigenvalue weighted by atomic mass is 32.2. The molecule has 1 rings (SSSR count). The van der Waals surface area contributed by atoms with Crippen LogP contribution >= 0.6 is 11.8 Å². The van der Waals surface area contributed by atoms with Gasteiger partial charge in [-0.1, -0.05) is 0 Å². The maximum atomic E-state index is 11.8. The highest BCUT2D eigenvalue weighted by molar-refractivity contribution is 7.98. The van der Waals surface area contributed by atoms with Crippen LogP contribution in [-0.4, -0.2) is 44.7 Å². The van der Waals surface area contributed by atoms with Crippen LogP contribution in [0.25, 0.3) is 0 Å². The Hall–Kier alpha value is -1.05. The standard InChI is InChI=1S/C12H18N2O3S2/c1-14(2)19(16,17)11-6-4-10(5-7-11)13-12(15)8-9-18-3/h4-7H,8-9H2,1-3H3,(H,13,15). The quantitative estimate of drug-likeness (QED) is 0.867. The molecule has 0 fully saturated rings. The molecule has 0 spiro atoms. The fourth-order valence-electron chi connectivity index (χ4n) is 1.34. The molecular weight excluding hydrogens is 284 g/mol. The van der Waals surface area contributed by atoms with E-state index in [9.17, 15) is 13.2 Å². The predicted octanol–water partition coefficient (Wildman–Crippen LogP) is 1.63. The third kappa shape index (κ3) is 4.52. The number of hydrogen-bond acceptors (Lipinski definition) is 4. The summed E-state index contributed by atoms with van der Waals surface area (Å²) >= 11 is 1.60. The fourth-order valence-corrected chi connectivity index (χ4v) is 2.63. The molecule has 1 N–H and O–H groups in total. The summed E-state index contributed by atoms with van der Waals surface area (Å²) in [6.45, 7) is 0. The summed E-state index contributed by atoms with van der Waals surface area (Å²) < 4.78 is 24.8. The zero-order valence-electron chi connectivity index (χ0n) is 11.2. The minimum absolute atomic E-state index is 0.0717. The van der Waals surface area contributed by atoms with Gasteiger partial charge in [-0.2, -0.15) is 11.8 Å². The first-order chi connectivity index (χ1) is 8.87. The van der Waals surface area contributed by atoms with Gasteiger partial charge in [-0.25, -0.2) is 12.7 Å². The van der Waals surface area contributed by atoms with E-state index in [1.807, 2.05) is 6.26 Å². The molecule has 0 radical (unpaired) electrons. The molecular formula is C12H18N2O3S2. The topological polar surface area (TPSA) is 66.5 Å². The lowest BCUT2D eigenvalue weighted by Gasteiger charge is -2.12. The largest absolute Gasteiger partial charge is 0.326 e. The van der Waals surface area contributed by atoms with Crippen molar-refractivity contribution in [1.82, 2.24) is 4.31 Å². The molecule has 0 aliphatic heterocycles. The zero-order valence-corrected chi connectivity index (χ0v) is 12.8. The van der Waals surface area contributed by atoms with E-state index >= 15 is 0 Å². The molecule has 1 amide bonds. The molecule has 0 aromatic heterocycles. The van der Waals surface area contributed by atoms with Crippen LogP contribution in [0.1, 0.15) is 6.42 Å². The number of amides is 1. The Labute approximate surface area is 118 Å². The Bertz CT molecular complexity index is 524. The van der Waals surface area contributed by atoms with Gasteiger partial charge in [-0.15, -0.1) is 0 Å². The molecule has 5 nitrogen and oxygen atoms in total. The summed E-state index contributed by atoms with van der Waals surface area (Å²) in [6.07, 6.45) is 2.38. The second-order valence-electron chi connectivity index (χ2n) is 4.10. The van der Waals surface area contributed by atoms with Crippen molar-refractivity contribution in [1.29, 1.82) is 0 Å². The summed E-state index contributed by atoms with van der Waals surface area (Å²) in [7, 11) is -0.460. The molecule has 0 saturated heterocycles. The molecule has 0 aliphatic carbocycles. The highest BCUT2D eigenvalue weighted by Crippen LogP contribution is 2.16. The van der Waals surface area contributed by atoms with Crippen LogP contribution in [0.5, 0.6) is 0 Å². The zero-order chi connectivity index (χ0) is 14.5. The first kappa shape index (κ1) is 16.0. The van der Waals surface area contributed by atoms with Gasteiger partial charge >= 0.3 is 0 Å². The van der Waals surface area contributed by atoms with E-state index in [1.165, 1.54) is 26.2 Å². The summed E-state index contributed by atoms with van der Waals surface area (Å²) in [6, 6.07) is 6.15. The molecule has 106 valence electrons. The molecule has 1 aromatic carbocycles. The van der Waals surface area contributed by atoms with E-state index in [0.29, 0.717) is 12.1 Å². The minimum Gasteiger partial charge on any atom is -0.326 e. The number of nitrogens with zero attached hydrogens (tertiary/aromatic N) is 1. The van der Waals surface area contributed by atoms with Crippen LogP contribution in [0.15, 0.2) is 29.2 Å². The number of anilines is 1. The van der Waals surface area contributed by atoms with Gasteiger partial charge in [0.25, 0.3) is 0 Å². The Kier molecular flexibility index (Phi) is 5.84. The number of thioether (sulfide) groups is 1. The van der Waals surface area contributed by atoms with E-state index in [1.54, 1.807) is 23.9 Å². The van der Waals surface area contributed by atoms with Gasteiger partial charge in [0.05, 0.1) is 4.90 Å². The van der Waals surface area contributed by atoms with Gasteiger partial charge in [0, 0.05) is 32.0 Å². The number of rotatable bonds is 6. The van der Waals surface area contributed by atoms with E-state index < -0.39 is 10.0 Å². The molecule has 0 atom stereocenters. The van der Waals surface area contributed by atoms with E-state index in [4.69, 9.17) is 0 Å². The number of carbonyl (C=O) groups excluding carboxylic acids is 1. The number of nitrogens with one attached hydrogen (secondary N) is 1. The van der Waals surface area contributed by atoms with Crippen LogP contribution in [0, 0.1) is 0 Å². The summed E-state index contributed by atoms with van der Waals surface area (Å²) in [5, 5.41) is 2.72. The Morgan fingerprint density at radius 2 is 1.84 bits per heavy atom. The van der Waals surface area contributed by atoms with Gasteiger partial charge in [0.1, 0.15) is 0 Å². The average molecular weight is 302 g/mol.